The first-order valence-corrected chi connectivity index (χ1v) is 8.90. The first kappa shape index (κ1) is 18.6. The van der Waals surface area contributed by atoms with E-state index < -0.39 is 40.0 Å². The van der Waals surface area contributed by atoms with E-state index in [4.69, 9.17) is 4.74 Å². The van der Waals surface area contributed by atoms with Crippen LogP contribution in [0.2, 0.25) is 0 Å². The number of hydrogen-bond acceptors (Lipinski definition) is 6. The number of benzene rings is 2. The largest absolute Gasteiger partial charge is 0.461 e. The lowest BCUT2D eigenvalue weighted by Gasteiger charge is -2.17. The van der Waals surface area contributed by atoms with Gasteiger partial charge in [-0.2, -0.15) is 0 Å². The van der Waals surface area contributed by atoms with Crippen LogP contribution >= 0.6 is 0 Å². The molecule has 0 atom stereocenters. The van der Waals surface area contributed by atoms with Crippen molar-refractivity contribution >= 4 is 17.5 Å². The first-order valence-electron chi connectivity index (χ1n) is 8.90. The third kappa shape index (κ3) is 2.57. The van der Waals surface area contributed by atoms with Crippen LogP contribution in [0, 0.1) is 0 Å². The lowest BCUT2D eigenvalue weighted by atomic mass is 9.88. The minimum absolute atomic E-state index is 0.00261. The van der Waals surface area contributed by atoms with E-state index in [1.165, 1.54) is 12.1 Å². The summed E-state index contributed by atoms with van der Waals surface area (Å²) in [7, 11) is 0. The summed E-state index contributed by atoms with van der Waals surface area (Å²) in [6, 6.07) is 14.1. The third-order valence-electron chi connectivity index (χ3n) is 4.82. The lowest BCUT2D eigenvalue weighted by Crippen LogP contribution is -2.43. The maximum Gasteiger partial charge on any atom is 0.356 e. The van der Waals surface area contributed by atoms with Crippen LogP contribution in [0.15, 0.2) is 59.4 Å². The molecule has 1 aromatic heterocycles. The molecule has 4 rings (SSSR count). The van der Waals surface area contributed by atoms with E-state index in [0.717, 1.165) is 4.68 Å². The molecule has 2 aromatic carbocycles. The van der Waals surface area contributed by atoms with Gasteiger partial charge < -0.3 is 9.84 Å². The number of ether oxygens (including phenoxy) is 1. The molecule has 8 heteroatoms. The number of carbonyl (C=O) groups is 3. The Morgan fingerprint density at radius 2 is 1.55 bits per heavy atom. The number of ketones is 2. The first-order chi connectivity index (χ1) is 13.9. The number of fused-ring (bicyclic) bond motifs is 1. The van der Waals surface area contributed by atoms with Crippen LogP contribution in [0.5, 0.6) is 0 Å². The van der Waals surface area contributed by atoms with Crippen molar-refractivity contribution in [1.29, 1.82) is 0 Å². The maximum atomic E-state index is 13.2. The van der Waals surface area contributed by atoms with Crippen LogP contribution in [-0.4, -0.2) is 39.0 Å². The number of nitrogens with zero attached hydrogens (tertiary/aromatic N) is 1. The number of para-hydroxylation sites is 1. The Morgan fingerprint density at radius 1 is 1.00 bits per heavy atom. The summed E-state index contributed by atoms with van der Waals surface area (Å²) in [6.45, 7) is 1.57. The molecule has 146 valence electrons. The molecular formula is C21H16N2O6. The number of hydrogen-bond donors (Lipinski definition) is 2. The van der Waals surface area contributed by atoms with Crippen molar-refractivity contribution in [3.63, 3.8) is 0 Å². The van der Waals surface area contributed by atoms with Crippen molar-refractivity contribution < 1.29 is 24.2 Å². The second kappa shape index (κ2) is 6.68. The smallest absolute Gasteiger partial charge is 0.356 e. The topological polar surface area (TPSA) is 118 Å². The zero-order valence-corrected chi connectivity index (χ0v) is 15.3. The Kier molecular flexibility index (Phi) is 4.28. The van der Waals surface area contributed by atoms with E-state index in [1.54, 1.807) is 49.4 Å². The lowest BCUT2D eigenvalue weighted by molar-refractivity contribution is 0.0305. The molecule has 0 amide bonds. The van der Waals surface area contributed by atoms with Gasteiger partial charge in [-0.15, -0.1) is 0 Å². The molecule has 3 aromatic rings. The zero-order chi connectivity index (χ0) is 20.8. The summed E-state index contributed by atoms with van der Waals surface area (Å²) in [6.07, 6.45) is 0. The molecule has 0 saturated carbocycles. The molecular weight excluding hydrogens is 376 g/mol. The van der Waals surface area contributed by atoms with Crippen LogP contribution in [0.3, 0.4) is 0 Å². The summed E-state index contributed by atoms with van der Waals surface area (Å²) < 4.78 is 5.96. The predicted molar refractivity (Wildman–Crippen MR) is 101 cm³/mol. The molecule has 0 unspecified atom stereocenters. The molecule has 0 aliphatic heterocycles. The molecule has 0 fully saturated rings. The minimum atomic E-state index is -2.82. The number of aromatic amines is 1. The molecule has 0 bridgehead atoms. The van der Waals surface area contributed by atoms with Gasteiger partial charge in [0.25, 0.3) is 5.56 Å². The van der Waals surface area contributed by atoms with Crippen LogP contribution in [0.25, 0.3) is 5.69 Å². The molecule has 0 spiro atoms. The number of rotatable bonds is 4. The SMILES string of the molecule is CCOC(=O)c1[nH]n(-c2ccccc2)c(=O)c1C1(O)C(=O)c2ccccc2C1=O. The average molecular weight is 392 g/mol. The van der Waals surface area contributed by atoms with Crippen LogP contribution in [0.4, 0.5) is 0 Å². The Bertz CT molecular complexity index is 1170. The van der Waals surface area contributed by atoms with Gasteiger partial charge in [0.2, 0.25) is 17.2 Å². The van der Waals surface area contributed by atoms with Crippen molar-refractivity contribution in [1.82, 2.24) is 9.78 Å². The molecule has 0 saturated heterocycles. The third-order valence-corrected chi connectivity index (χ3v) is 4.82. The minimum Gasteiger partial charge on any atom is -0.461 e. The van der Waals surface area contributed by atoms with Crippen LogP contribution in [-0.2, 0) is 10.3 Å². The van der Waals surface area contributed by atoms with Gasteiger partial charge in [0.1, 0.15) is 0 Å². The zero-order valence-electron chi connectivity index (χ0n) is 15.3. The van der Waals surface area contributed by atoms with Gasteiger partial charge in [0.05, 0.1) is 17.9 Å². The second-order valence-electron chi connectivity index (χ2n) is 6.47. The number of aliphatic hydroxyl groups is 1. The standard InChI is InChI=1S/C21H16N2O6/c1-2-29-20(27)16-15(19(26)23(22-16)12-8-4-3-5-9-12)21(28)17(24)13-10-6-7-11-14(13)18(21)25/h3-11,22,28H,2H2,1H3. The monoisotopic (exact) mass is 392 g/mol. The van der Waals surface area contributed by atoms with Gasteiger partial charge in [-0.3, -0.25) is 19.5 Å². The summed E-state index contributed by atoms with van der Waals surface area (Å²) in [4.78, 5) is 51.7. The van der Waals surface area contributed by atoms with Crippen LogP contribution in [0.1, 0.15) is 43.7 Å². The fourth-order valence-electron chi connectivity index (χ4n) is 3.48. The number of carbonyl (C=O) groups excluding carboxylic acids is 3. The number of nitrogens with one attached hydrogen (secondary N) is 1. The van der Waals surface area contributed by atoms with Crippen molar-refractivity contribution in [2.24, 2.45) is 0 Å². The Hall–Kier alpha value is -3.78. The van der Waals surface area contributed by atoms with Gasteiger partial charge in [-0.25, -0.2) is 9.48 Å². The molecule has 1 aliphatic rings. The van der Waals surface area contributed by atoms with Crippen molar-refractivity contribution in [2.45, 2.75) is 12.5 Å². The van der Waals surface area contributed by atoms with E-state index in [1.807, 2.05) is 0 Å². The molecule has 0 radical (unpaired) electrons. The highest BCUT2D eigenvalue weighted by atomic mass is 16.5. The highest BCUT2D eigenvalue weighted by Crippen LogP contribution is 2.37. The Balaban J connectivity index is 2.00. The maximum absolute atomic E-state index is 13.2. The molecule has 1 heterocycles. The van der Waals surface area contributed by atoms with E-state index in [0.29, 0.717) is 5.69 Å². The highest BCUT2D eigenvalue weighted by Gasteiger charge is 2.57. The molecule has 8 nitrogen and oxygen atoms in total. The van der Waals surface area contributed by atoms with E-state index in [-0.39, 0.29) is 17.7 Å². The number of H-pyrrole nitrogens is 1. The van der Waals surface area contributed by atoms with Crippen molar-refractivity contribution in [2.75, 3.05) is 6.61 Å². The van der Waals surface area contributed by atoms with Gasteiger partial charge in [0, 0.05) is 11.1 Å². The Morgan fingerprint density at radius 3 is 2.10 bits per heavy atom. The summed E-state index contributed by atoms with van der Waals surface area (Å²) in [5.74, 6) is -2.88. The summed E-state index contributed by atoms with van der Waals surface area (Å²) in [5.41, 5.74) is -4.48. The molecule has 2 N–H and O–H groups in total. The van der Waals surface area contributed by atoms with Gasteiger partial charge in [0.15, 0.2) is 5.69 Å². The average Bonchev–Trinajstić information content (AvgIpc) is 3.18. The fourth-order valence-corrected chi connectivity index (χ4v) is 3.48. The molecule has 1 aliphatic carbocycles. The van der Waals surface area contributed by atoms with Gasteiger partial charge in [-0.1, -0.05) is 42.5 Å². The van der Waals surface area contributed by atoms with E-state index in [9.17, 15) is 24.3 Å². The van der Waals surface area contributed by atoms with E-state index in [2.05, 4.69) is 5.10 Å². The van der Waals surface area contributed by atoms with Crippen molar-refractivity contribution in [3.05, 3.63) is 87.3 Å². The highest BCUT2D eigenvalue weighted by molar-refractivity contribution is 6.32. The fraction of sp³-hybridized carbons (Fsp3) is 0.143. The number of esters is 1. The number of aromatic nitrogens is 2. The summed E-state index contributed by atoms with van der Waals surface area (Å²) in [5, 5.41) is 13.8. The summed E-state index contributed by atoms with van der Waals surface area (Å²) >= 11 is 0. The normalized spacial score (nSPS) is 14.7. The van der Waals surface area contributed by atoms with E-state index >= 15 is 0 Å². The molecule has 29 heavy (non-hydrogen) atoms. The van der Waals surface area contributed by atoms with Gasteiger partial charge in [-0.05, 0) is 19.1 Å². The van der Waals surface area contributed by atoms with Crippen LogP contribution < -0.4 is 5.56 Å². The second-order valence-corrected chi connectivity index (χ2v) is 6.47. The quantitative estimate of drug-likeness (QED) is 0.514. The Labute approximate surface area is 164 Å². The van der Waals surface area contributed by atoms with Gasteiger partial charge >= 0.3 is 5.97 Å². The predicted octanol–water partition coefficient (Wildman–Crippen LogP) is 1.61. The number of Topliss-reactive ketones (excluding diaryl/α,β-unsaturated/α-hetero) is 2. The van der Waals surface area contributed by atoms with Crippen molar-refractivity contribution in [3.8, 4) is 5.69 Å².